The molecule has 0 amide bonds. The SMILES string of the molecule is CCCNC(=S)Nc1ccc2nc3c4ccccc4c4ccccc4c3nc2c1. The topological polar surface area (TPSA) is 49.8 Å². The number of rotatable bonds is 3. The number of benzene rings is 4. The second-order valence-electron chi connectivity index (χ2n) is 7.10. The Morgan fingerprint density at radius 1 is 0.793 bits per heavy atom. The summed E-state index contributed by atoms with van der Waals surface area (Å²) in [7, 11) is 0. The second-order valence-corrected chi connectivity index (χ2v) is 7.50. The smallest absolute Gasteiger partial charge is 0.170 e. The van der Waals surface area contributed by atoms with Crippen LogP contribution in [-0.4, -0.2) is 21.6 Å². The van der Waals surface area contributed by atoms with Gasteiger partial charge < -0.3 is 10.6 Å². The highest BCUT2D eigenvalue weighted by atomic mass is 32.1. The summed E-state index contributed by atoms with van der Waals surface area (Å²) in [6.45, 7) is 2.96. The van der Waals surface area contributed by atoms with Crippen LogP contribution in [-0.2, 0) is 0 Å². The Kier molecular flexibility index (Phi) is 4.45. The van der Waals surface area contributed by atoms with Crippen LogP contribution in [0.25, 0.3) is 43.6 Å². The van der Waals surface area contributed by atoms with E-state index in [0.717, 1.165) is 51.5 Å². The van der Waals surface area contributed by atoms with Gasteiger partial charge in [0.2, 0.25) is 0 Å². The van der Waals surface area contributed by atoms with Gasteiger partial charge in [0.15, 0.2) is 5.11 Å². The number of hydrogen-bond acceptors (Lipinski definition) is 3. The highest BCUT2D eigenvalue weighted by Crippen LogP contribution is 2.34. The van der Waals surface area contributed by atoms with Crippen LogP contribution in [0.1, 0.15) is 13.3 Å². The molecule has 4 nitrogen and oxygen atoms in total. The minimum atomic E-state index is 0.622. The molecule has 0 radical (unpaired) electrons. The lowest BCUT2D eigenvalue weighted by atomic mass is 9.99. The zero-order valence-corrected chi connectivity index (χ0v) is 16.9. The molecule has 29 heavy (non-hydrogen) atoms. The Balaban J connectivity index is 1.73. The standard InChI is InChI=1S/C24H20N4S/c1-2-13-25-24(29)26-15-11-12-20-21(14-15)28-23-19-10-6-4-8-17(19)16-7-3-5-9-18(16)22(23)27-20/h3-12,14H,2,13H2,1H3,(H2,25,26,29). The number of aromatic nitrogens is 2. The average molecular weight is 397 g/mol. The maximum absolute atomic E-state index is 5.36. The van der Waals surface area contributed by atoms with Crippen LogP contribution in [0.4, 0.5) is 5.69 Å². The molecule has 4 aromatic carbocycles. The molecule has 0 fully saturated rings. The summed E-state index contributed by atoms with van der Waals surface area (Å²) in [5, 5.41) is 11.7. The molecule has 5 aromatic rings. The molecule has 0 saturated heterocycles. The first-order valence-electron chi connectivity index (χ1n) is 9.80. The van der Waals surface area contributed by atoms with E-state index in [1.165, 1.54) is 10.8 Å². The number of anilines is 1. The Morgan fingerprint density at radius 3 is 2.00 bits per heavy atom. The summed E-state index contributed by atoms with van der Waals surface area (Å²) in [4.78, 5) is 10.0. The number of fused-ring (bicyclic) bond motifs is 7. The van der Waals surface area contributed by atoms with Gasteiger partial charge >= 0.3 is 0 Å². The molecule has 2 N–H and O–H groups in total. The molecule has 0 aliphatic carbocycles. The maximum atomic E-state index is 5.36. The van der Waals surface area contributed by atoms with Crippen molar-refractivity contribution in [1.82, 2.24) is 15.3 Å². The molecule has 0 saturated carbocycles. The fraction of sp³-hybridized carbons (Fsp3) is 0.125. The van der Waals surface area contributed by atoms with Crippen LogP contribution in [0, 0.1) is 0 Å². The van der Waals surface area contributed by atoms with Crippen LogP contribution in [0.3, 0.4) is 0 Å². The normalized spacial score (nSPS) is 11.3. The highest BCUT2D eigenvalue weighted by molar-refractivity contribution is 7.80. The Bertz CT molecular complexity index is 1390. The van der Waals surface area contributed by atoms with Crippen molar-refractivity contribution >= 4 is 66.6 Å². The fourth-order valence-electron chi connectivity index (χ4n) is 3.77. The molecular formula is C24H20N4S. The van der Waals surface area contributed by atoms with Crippen LogP contribution in [0.2, 0.25) is 0 Å². The third-order valence-electron chi connectivity index (χ3n) is 5.11. The van der Waals surface area contributed by atoms with E-state index >= 15 is 0 Å². The third kappa shape index (κ3) is 3.13. The van der Waals surface area contributed by atoms with E-state index in [9.17, 15) is 0 Å². The Hall–Kier alpha value is -3.31. The van der Waals surface area contributed by atoms with Crippen LogP contribution in [0.5, 0.6) is 0 Å². The molecular weight excluding hydrogens is 376 g/mol. The van der Waals surface area contributed by atoms with Crippen molar-refractivity contribution in [2.45, 2.75) is 13.3 Å². The zero-order chi connectivity index (χ0) is 19.8. The lowest BCUT2D eigenvalue weighted by Gasteiger charge is -2.12. The Labute approximate surface area is 174 Å². The van der Waals surface area contributed by atoms with Gasteiger partial charge in [0.1, 0.15) is 0 Å². The first-order valence-corrected chi connectivity index (χ1v) is 10.2. The van der Waals surface area contributed by atoms with Crippen molar-refractivity contribution in [3.8, 4) is 0 Å². The van der Waals surface area contributed by atoms with E-state index < -0.39 is 0 Å². The highest BCUT2D eigenvalue weighted by Gasteiger charge is 2.12. The average Bonchev–Trinajstić information content (AvgIpc) is 2.77. The van der Waals surface area contributed by atoms with Crippen LogP contribution in [0.15, 0.2) is 66.7 Å². The molecule has 5 rings (SSSR count). The van der Waals surface area contributed by atoms with Gasteiger partial charge in [0.05, 0.1) is 22.1 Å². The van der Waals surface area contributed by atoms with Crippen molar-refractivity contribution in [3.05, 3.63) is 66.7 Å². The molecule has 1 aromatic heterocycles. The number of nitrogens with one attached hydrogen (secondary N) is 2. The van der Waals surface area contributed by atoms with Gasteiger partial charge in [-0.1, -0.05) is 55.5 Å². The van der Waals surface area contributed by atoms with E-state index in [2.05, 4.69) is 66.1 Å². The molecule has 0 bridgehead atoms. The second kappa shape index (κ2) is 7.26. The van der Waals surface area contributed by atoms with Gasteiger partial charge in [-0.3, -0.25) is 0 Å². The predicted octanol–water partition coefficient (Wildman–Crippen LogP) is 5.79. The van der Waals surface area contributed by atoms with Crippen molar-refractivity contribution in [2.75, 3.05) is 11.9 Å². The molecule has 0 aliphatic heterocycles. The largest absolute Gasteiger partial charge is 0.362 e. The van der Waals surface area contributed by atoms with E-state index in [0.29, 0.717) is 5.11 Å². The minimum Gasteiger partial charge on any atom is -0.362 e. The molecule has 0 spiro atoms. The molecule has 1 heterocycles. The van der Waals surface area contributed by atoms with Crippen LogP contribution < -0.4 is 10.6 Å². The monoisotopic (exact) mass is 396 g/mol. The van der Waals surface area contributed by atoms with Crippen molar-refractivity contribution < 1.29 is 0 Å². The molecule has 5 heteroatoms. The van der Waals surface area contributed by atoms with Gasteiger partial charge in [-0.2, -0.15) is 0 Å². The summed E-state index contributed by atoms with van der Waals surface area (Å²) < 4.78 is 0. The van der Waals surface area contributed by atoms with Gasteiger partial charge in [-0.05, 0) is 47.6 Å². The third-order valence-corrected chi connectivity index (χ3v) is 5.36. The van der Waals surface area contributed by atoms with Gasteiger partial charge in [-0.25, -0.2) is 9.97 Å². The molecule has 0 atom stereocenters. The van der Waals surface area contributed by atoms with E-state index in [1.54, 1.807) is 0 Å². The lowest BCUT2D eigenvalue weighted by Crippen LogP contribution is -2.28. The fourth-order valence-corrected chi connectivity index (χ4v) is 3.99. The summed E-state index contributed by atoms with van der Waals surface area (Å²) in [5.74, 6) is 0. The first-order chi connectivity index (χ1) is 14.2. The van der Waals surface area contributed by atoms with Crippen molar-refractivity contribution in [2.24, 2.45) is 0 Å². The zero-order valence-electron chi connectivity index (χ0n) is 16.1. The van der Waals surface area contributed by atoms with Gasteiger partial charge in [0, 0.05) is 23.0 Å². The summed E-state index contributed by atoms with van der Waals surface area (Å²) in [6, 6.07) is 22.8. The summed E-state index contributed by atoms with van der Waals surface area (Å²) >= 11 is 5.36. The molecule has 142 valence electrons. The molecule has 0 unspecified atom stereocenters. The summed E-state index contributed by atoms with van der Waals surface area (Å²) in [5.41, 5.74) is 4.49. The number of nitrogens with zero attached hydrogens (tertiary/aromatic N) is 2. The van der Waals surface area contributed by atoms with E-state index in [-0.39, 0.29) is 0 Å². The number of thiocarbonyl (C=S) groups is 1. The minimum absolute atomic E-state index is 0.622. The van der Waals surface area contributed by atoms with Crippen molar-refractivity contribution in [1.29, 1.82) is 0 Å². The van der Waals surface area contributed by atoms with E-state index in [1.807, 2.05) is 18.2 Å². The van der Waals surface area contributed by atoms with Gasteiger partial charge in [-0.15, -0.1) is 0 Å². The van der Waals surface area contributed by atoms with Crippen LogP contribution >= 0.6 is 12.2 Å². The van der Waals surface area contributed by atoms with E-state index in [4.69, 9.17) is 22.2 Å². The predicted molar refractivity (Wildman–Crippen MR) is 127 cm³/mol. The number of hydrogen-bond donors (Lipinski definition) is 2. The van der Waals surface area contributed by atoms with Crippen molar-refractivity contribution in [3.63, 3.8) is 0 Å². The lowest BCUT2D eigenvalue weighted by molar-refractivity contribution is 0.846. The Morgan fingerprint density at radius 2 is 1.38 bits per heavy atom. The first kappa shape index (κ1) is 17.8. The quantitative estimate of drug-likeness (QED) is 0.230. The van der Waals surface area contributed by atoms with Gasteiger partial charge in [0.25, 0.3) is 0 Å². The maximum Gasteiger partial charge on any atom is 0.170 e. The molecule has 0 aliphatic rings. The summed E-state index contributed by atoms with van der Waals surface area (Å²) in [6.07, 6.45) is 1.03.